The fraction of sp³-hybridized carbons (Fsp3) is 0. The molecule has 0 spiro atoms. The smallest absolute Gasteiger partial charge is 0.227 e. The summed E-state index contributed by atoms with van der Waals surface area (Å²) in [4.78, 5) is 4.43. The van der Waals surface area contributed by atoms with Gasteiger partial charge in [-0.1, -0.05) is 12.1 Å². The maximum atomic E-state index is 5.69. The summed E-state index contributed by atoms with van der Waals surface area (Å²) in [6, 6.07) is 13.2. The molecule has 4 rings (SSSR count). The predicted octanol–water partition coefficient (Wildman–Crippen LogP) is 3.03. The first-order valence-electron chi connectivity index (χ1n) is 5.48. The summed E-state index contributed by atoms with van der Waals surface area (Å²) < 4.78 is 10.6. The van der Waals surface area contributed by atoms with E-state index in [1.165, 1.54) is 0 Å². The Morgan fingerprint density at radius 3 is 2.78 bits per heavy atom. The van der Waals surface area contributed by atoms with Crippen molar-refractivity contribution in [3.63, 3.8) is 0 Å². The van der Waals surface area contributed by atoms with Gasteiger partial charge >= 0.3 is 0 Å². The lowest BCUT2D eigenvalue weighted by atomic mass is 10.2. The van der Waals surface area contributed by atoms with Crippen molar-refractivity contribution in [2.24, 2.45) is 0 Å². The van der Waals surface area contributed by atoms with E-state index in [0.29, 0.717) is 17.0 Å². The quantitative estimate of drug-likeness (QED) is 0.509. The summed E-state index contributed by atoms with van der Waals surface area (Å²) in [6.45, 7) is 0. The standard InChI is InChI=1S/C13H7N3O2/c1-2-4-11-9(3-1)14-13(17-11)8-5-6-12-10(7-8)15-16-18-12/h1-7H. The lowest BCUT2D eigenvalue weighted by Crippen LogP contribution is -1.77. The minimum atomic E-state index is 0.570. The first-order valence-corrected chi connectivity index (χ1v) is 5.48. The van der Waals surface area contributed by atoms with Crippen molar-refractivity contribution in [3.05, 3.63) is 42.5 Å². The van der Waals surface area contributed by atoms with E-state index in [9.17, 15) is 0 Å². The number of hydrogen-bond acceptors (Lipinski definition) is 5. The van der Waals surface area contributed by atoms with Gasteiger partial charge in [-0.2, -0.15) is 0 Å². The molecule has 0 saturated heterocycles. The Kier molecular flexibility index (Phi) is 1.77. The second kappa shape index (κ2) is 3.40. The molecule has 18 heavy (non-hydrogen) atoms. The number of oxazole rings is 1. The van der Waals surface area contributed by atoms with Crippen LogP contribution in [-0.2, 0) is 0 Å². The number of fused-ring (bicyclic) bond motifs is 2. The zero-order chi connectivity index (χ0) is 11.9. The van der Waals surface area contributed by atoms with Crippen LogP contribution < -0.4 is 0 Å². The fourth-order valence-corrected chi connectivity index (χ4v) is 1.91. The van der Waals surface area contributed by atoms with Crippen LogP contribution in [0.3, 0.4) is 0 Å². The van der Waals surface area contributed by atoms with E-state index < -0.39 is 0 Å². The molecule has 0 fully saturated rings. The maximum absolute atomic E-state index is 5.69. The normalized spacial score (nSPS) is 11.3. The van der Waals surface area contributed by atoms with Gasteiger partial charge in [0.1, 0.15) is 11.0 Å². The number of rotatable bonds is 1. The van der Waals surface area contributed by atoms with Crippen molar-refractivity contribution >= 4 is 22.2 Å². The highest BCUT2D eigenvalue weighted by molar-refractivity contribution is 5.80. The van der Waals surface area contributed by atoms with Gasteiger partial charge in [0.05, 0.1) is 0 Å². The largest absolute Gasteiger partial charge is 0.436 e. The molecular weight excluding hydrogens is 230 g/mol. The van der Waals surface area contributed by atoms with Gasteiger partial charge in [-0.25, -0.2) is 4.98 Å². The first-order chi connectivity index (χ1) is 8.90. The van der Waals surface area contributed by atoms with Crippen LogP contribution in [0.4, 0.5) is 0 Å². The molecule has 5 heteroatoms. The number of benzene rings is 2. The van der Waals surface area contributed by atoms with E-state index in [2.05, 4.69) is 15.4 Å². The molecule has 0 aliphatic heterocycles. The molecule has 0 atom stereocenters. The van der Waals surface area contributed by atoms with E-state index in [1.807, 2.05) is 36.4 Å². The molecule has 86 valence electrons. The van der Waals surface area contributed by atoms with E-state index in [0.717, 1.165) is 16.7 Å². The topological polar surface area (TPSA) is 65.0 Å². The van der Waals surface area contributed by atoms with E-state index in [-0.39, 0.29) is 0 Å². The third-order valence-corrected chi connectivity index (χ3v) is 2.79. The van der Waals surface area contributed by atoms with E-state index in [1.54, 1.807) is 6.07 Å². The molecule has 0 N–H and O–H groups in total. The molecule has 0 aliphatic rings. The van der Waals surface area contributed by atoms with Crippen LogP contribution in [0.1, 0.15) is 0 Å². The number of nitrogens with zero attached hydrogens (tertiary/aromatic N) is 3. The molecule has 2 aromatic heterocycles. The van der Waals surface area contributed by atoms with Crippen LogP contribution >= 0.6 is 0 Å². The molecule has 0 saturated carbocycles. The van der Waals surface area contributed by atoms with Gasteiger partial charge < -0.3 is 8.94 Å². The monoisotopic (exact) mass is 237 g/mol. The molecular formula is C13H7N3O2. The molecule has 0 unspecified atom stereocenters. The highest BCUT2D eigenvalue weighted by Crippen LogP contribution is 2.26. The summed E-state index contributed by atoms with van der Waals surface area (Å²) >= 11 is 0. The van der Waals surface area contributed by atoms with Gasteiger partial charge in [-0.15, -0.1) is 5.10 Å². The van der Waals surface area contributed by atoms with Crippen molar-refractivity contribution in [3.8, 4) is 11.5 Å². The van der Waals surface area contributed by atoms with Gasteiger partial charge in [-0.3, -0.25) is 0 Å². The lowest BCUT2D eigenvalue weighted by molar-refractivity contribution is 0.424. The minimum absolute atomic E-state index is 0.570. The third kappa shape index (κ3) is 1.31. The van der Waals surface area contributed by atoms with Gasteiger partial charge in [-0.05, 0) is 30.3 Å². The maximum Gasteiger partial charge on any atom is 0.227 e. The van der Waals surface area contributed by atoms with Crippen molar-refractivity contribution in [1.29, 1.82) is 0 Å². The zero-order valence-electron chi connectivity index (χ0n) is 9.20. The summed E-state index contributed by atoms with van der Waals surface area (Å²) in [5.74, 6) is 0.570. The molecule has 2 aromatic carbocycles. The predicted molar refractivity (Wildman–Crippen MR) is 64.8 cm³/mol. The summed E-state index contributed by atoms with van der Waals surface area (Å²) in [6.07, 6.45) is 0. The van der Waals surface area contributed by atoms with Crippen LogP contribution in [0.2, 0.25) is 0 Å². The molecule has 5 nitrogen and oxygen atoms in total. The lowest BCUT2D eigenvalue weighted by Gasteiger charge is -1.92. The molecule has 0 radical (unpaired) electrons. The minimum Gasteiger partial charge on any atom is -0.436 e. The Bertz CT molecular complexity index is 814. The summed E-state index contributed by atoms with van der Waals surface area (Å²) in [5, 5.41) is 7.38. The molecule has 0 aliphatic carbocycles. The van der Waals surface area contributed by atoms with Crippen LogP contribution in [0.25, 0.3) is 33.7 Å². The zero-order valence-corrected chi connectivity index (χ0v) is 9.20. The molecule has 0 amide bonds. The Morgan fingerprint density at radius 1 is 0.889 bits per heavy atom. The van der Waals surface area contributed by atoms with Crippen LogP contribution in [0.5, 0.6) is 0 Å². The van der Waals surface area contributed by atoms with Crippen LogP contribution in [0, 0.1) is 0 Å². The number of para-hydroxylation sites is 2. The SMILES string of the molecule is c1ccc2oc(-c3ccc4onnc4c3)nc2c1. The Balaban J connectivity index is 1.94. The number of hydrogen-bond donors (Lipinski definition) is 0. The van der Waals surface area contributed by atoms with Crippen molar-refractivity contribution < 1.29 is 8.94 Å². The van der Waals surface area contributed by atoms with E-state index in [4.69, 9.17) is 8.94 Å². The Morgan fingerprint density at radius 2 is 1.83 bits per heavy atom. The summed E-state index contributed by atoms with van der Waals surface area (Å²) in [5.41, 5.74) is 3.80. The summed E-state index contributed by atoms with van der Waals surface area (Å²) in [7, 11) is 0. The van der Waals surface area contributed by atoms with Crippen molar-refractivity contribution in [1.82, 2.24) is 15.4 Å². The van der Waals surface area contributed by atoms with Crippen LogP contribution in [-0.4, -0.2) is 15.4 Å². The third-order valence-electron chi connectivity index (χ3n) is 2.79. The van der Waals surface area contributed by atoms with Gasteiger partial charge in [0, 0.05) is 10.8 Å². The molecule has 0 bridgehead atoms. The van der Waals surface area contributed by atoms with Crippen molar-refractivity contribution in [2.75, 3.05) is 0 Å². The molecule has 4 aromatic rings. The average Bonchev–Trinajstić information content (AvgIpc) is 3.04. The van der Waals surface area contributed by atoms with Gasteiger partial charge in [0.15, 0.2) is 11.2 Å². The second-order valence-electron chi connectivity index (χ2n) is 3.94. The Hall–Kier alpha value is -2.69. The highest BCUT2D eigenvalue weighted by Gasteiger charge is 2.09. The van der Waals surface area contributed by atoms with Gasteiger partial charge in [0.25, 0.3) is 0 Å². The van der Waals surface area contributed by atoms with Crippen molar-refractivity contribution in [2.45, 2.75) is 0 Å². The number of aromatic nitrogens is 3. The first kappa shape index (κ1) is 9.35. The second-order valence-corrected chi connectivity index (χ2v) is 3.94. The average molecular weight is 237 g/mol. The van der Waals surface area contributed by atoms with Gasteiger partial charge in [0.2, 0.25) is 5.89 Å². The highest BCUT2D eigenvalue weighted by atomic mass is 16.5. The molecule has 2 heterocycles. The fourth-order valence-electron chi connectivity index (χ4n) is 1.91. The van der Waals surface area contributed by atoms with Crippen LogP contribution in [0.15, 0.2) is 51.4 Å². The van der Waals surface area contributed by atoms with E-state index >= 15 is 0 Å². The Labute approximate surface area is 101 Å².